The van der Waals surface area contributed by atoms with Crippen molar-refractivity contribution in [1.29, 1.82) is 0 Å². The van der Waals surface area contributed by atoms with Crippen molar-refractivity contribution in [3.63, 3.8) is 0 Å². The Balaban J connectivity index is 1.83. The van der Waals surface area contributed by atoms with Gasteiger partial charge in [0.25, 0.3) is 0 Å². The highest BCUT2D eigenvalue weighted by Gasteiger charge is 2.32. The summed E-state index contributed by atoms with van der Waals surface area (Å²) in [5.41, 5.74) is 0. The zero-order chi connectivity index (χ0) is 14.8. The number of aliphatic hydroxyl groups excluding tert-OH is 1. The summed E-state index contributed by atoms with van der Waals surface area (Å²) in [6.45, 7) is 3.47. The van der Waals surface area contributed by atoms with E-state index in [4.69, 9.17) is 0 Å². The monoisotopic (exact) mass is 303 g/mol. The first-order valence-corrected chi connectivity index (χ1v) is 9.88. The van der Waals surface area contributed by atoms with Crippen molar-refractivity contribution in [2.75, 3.05) is 19.3 Å². The molecule has 1 aliphatic heterocycles. The van der Waals surface area contributed by atoms with E-state index in [1.165, 1.54) is 19.1 Å². The zero-order valence-corrected chi connectivity index (χ0v) is 13.6. The maximum Gasteiger partial charge on any atom is 0.211 e. The molecule has 5 heteroatoms. The Bertz CT molecular complexity index is 409. The van der Waals surface area contributed by atoms with E-state index in [1.54, 1.807) is 4.31 Å². The normalized spacial score (nSPS) is 34.2. The number of rotatable bonds is 5. The van der Waals surface area contributed by atoms with E-state index in [1.807, 2.05) is 0 Å². The number of nitrogens with zero attached hydrogens (tertiary/aromatic N) is 1. The number of aliphatic hydroxyl groups is 1. The van der Waals surface area contributed by atoms with Gasteiger partial charge in [0.2, 0.25) is 10.0 Å². The molecule has 1 N–H and O–H groups in total. The molecule has 2 aliphatic rings. The third kappa shape index (κ3) is 4.18. The van der Waals surface area contributed by atoms with E-state index < -0.39 is 10.0 Å². The molecule has 2 rings (SSSR count). The summed E-state index contributed by atoms with van der Waals surface area (Å²) in [5.74, 6) is 1.55. The van der Waals surface area contributed by atoms with Gasteiger partial charge in [0.15, 0.2) is 0 Å². The molecule has 0 aromatic carbocycles. The van der Waals surface area contributed by atoms with E-state index in [0.717, 1.165) is 38.0 Å². The number of hydrogen-bond acceptors (Lipinski definition) is 3. The van der Waals surface area contributed by atoms with Crippen LogP contribution in [0.4, 0.5) is 0 Å². The molecule has 0 bridgehead atoms. The van der Waals surface area contributed by atoms with Crippen molar-refractivity contribution < 1.29 is 13.5 Å². The highest BCUT2D eigenvalue weighted by atomic mass is 32.2. The van der Waals surface area contributed by atoms with Gasteiger partial charge in [0, 0.05) is 13.1 Å². The van der Waals surface area contributed by atoms with Gasteiger partial charge in [0.05, 0.1) is 12.4 Å². The molecule has 2 fully saturated rings. The molecule has 20 heavy (non-hydrogen) atoms. The van der Waals surface area contributed by atoms with Crippen LogP contribution in [0.3, 0.4) is 0 Å². The highest BCUT2D eigenvalue weighted by Crippen LogP contribution is 2.37. The smallest absolute Gasteiger partial charge is 0.211 e. The first kappa shape index (κ1) is 16.2. The molecule has 0 aromatic rings. The Morgan fingerprint density at radius 3 is 2.60 bits per heavy atom. The molecular weight excluding hydrogens is 274 g/mol. The van der Waals surface area contributed by atoms with Crippen molar-refractivity contribution in [3.8, 4) is 0 Å². The first-order valence-electron chi connectivity index (χ1n) is 8.03. The van der Waals surface area contributed by atoms with Gasteiger partial charge in [-0.3, -0.25) is 0 Å². The Kier molecular flexibility index (Phi) is 5.49. The van der Waals surface area contributed by atoms with Crippen LogP contribution in [0.1, 0.15) is 51.9 Å². The van der Waals surface area contributed by atoms with Crippen LogP contribution in [0, 0.1) is 17.8 Å². The van der Waals surface area contributed by atoms with Gasteiger partial charge in [0.1, 0.15) is 0 Å². The second-order valence-electron chi connectivity index (χ2n) is 6.78. The van der Waals surface area contributed by atoms with Crippen LogP contribution in [0.25, 0.3) is 0 Å². The second kappa shape index (κ2) is 6.75. The molecule has 0 aromatic heterocycles. The third-order valence-electron chi connectivity index (χ3n) is 5.23. The van der Waals surface area contributed by atoms with Crippen molar-refractivity contribution in [1.82, 2.24) is 4.31 Å². The topological polar surface area (TPSA) is 57.6 Å². The molecule has 0 spiro atoms. The minimum Gasteiger partial charge on any atom is -0.393 e. The fraction of sp³-hybridized carbons (Fsp3) is 1.00. The molecule has 4 atom stereocenters. The van der Waals surface area contributed by atoms with Gasteiger partial charge in [-0.05, 0) is 49.9 Å². The van der Waals surface area contributed by atoms with Crippen LogP contribution in [0.2, 0.25) is 0 Å². The lowest BCUT2D eigenvalue weighted by molar-refractivity contribution is 0.0707. The maximum atomic E-state index is 11.6. The van der Waals surface area contributed by atoms with Crippen molar-refractivity contribution in [2.24, 2.45) is 17.8 Å². The number of hydrogen-bond donors (Lipinski definition) is 1. The summed E-state index contributed by atoms with van der Waals surface area (Å²) in [4.78, 5) is 0. The number of sulfonamides is 1. The molecule has 0 amide bonds. The minimum absolute atomic E-state index is 0.240. The largest absolute Gasteiger partial charge is 0.393 e. The fourth-order valence-corrected chi connectivity index (χ4v) is 4.83. The molecule has 0 radical (unpaired) electrons. The molecule has 4 nitrogen and oxygen atoms in total. The summed E-state index contributed by atoms with van der Waals surface area (Å²) in [6, 6.07) is 0. The Labute approximate surface area is 123 Å². The SMILES string of the molecule is CCC1CCC(C(O)CC2CCCN(S(C)(=O)=O)C2)C1. The molecule has 4 unspecified atom stereocenters. The van der Waals surface area contributed by atoms with Crippen molar-refractivity contribution in [2.45, 2.75) is 58.0 Å². The predicted octanol–water partition coefficient (Wildman–Crippen LogP) is 2.24. The highest BCUT2D eigenvalue weighted by molar-refractivity contribution is 7.88. The van der Waals surface area contributed by atoms with E-state index in [0.29, 0.717) is 24.9 Å². The average Bonchev–Trinajstić information content (AvgIpc) is 2.87. The van der Waals surface area contributed by atoms with Gasteiger partial charge in [-0.25, -0.2) is 12.7 Å². The van der Waals surface area contributed by atoms with Crippen LogP contribution in [0.5, 0.6) is 0 Å². The minimum atomic E-state index is -3.07. The first-order chi connectivity index (χ1) is 9.40. The summed E-state index contributed by atoms with van der Waals surface area (Å²) in [7, 11) is -3.07. The maximum absolute atomic E-state index is 11.6. The lowest BCUT2D eigenvalue weighted by Crippen LogP contribution is -2.40. The molecule has 1 saturated heterocycles. The molecule has 1 saturated carbocycles. The average molecular weight is 303 g/mol. The Morgan fingerprint density at radius 1 is 1.25 bits per heavy atom. The summed E-state index contributed by atoms with van der Waals surface area (Å²) < 4.78 is 24.8. The molecule has 1 heterocycles. The Hall–Kier alpha value is -0.130. The second-order valence-corrected chi connectivity index (χ2v) is 8.76. The van der Waals surface area contributed by atoms with Gasteiger partial charge in [-0.2, -0.15) is 0 Å². The van der Waals surface area contributed by atoms with Gasteiger partial charge >= 0.3 is 0 Å². The van der Waals surface area contributed by atoms with Gasteiger partial charge < -0.3 is 5.11 Å². The van der Waals surface area contributed by atoms with Crippen LogP contribution in [0.15, 0.2) is 0 Å². The Morgan fingerprint density at radius 2 is 2.00 bits per heavy atom. The van der Waals surface area contributed by atoms with E-state index in [9.17, 15) is 13.5 Å². The quantitative estimate of drug-likeness (QED) is 0.847. The molecular formula is C15H29NO3S. The van der Waals surface area contributed by atoms with Crippen molar-refractivity contribution in [3.05, 3.63) is 0 Å². The summed E-state index contributed by atoms with van der Waals surface area (Å²) in [6.07, 6.45) is 8.55. The fourth-order valence-electron chi connectivity index (χ4n) is 3.89. The van der Waals surface area contributed by atoms with Crippen LogP contribution in [-0.2, 0) is 10.0 Å². The lowest BCUT2D eigenvalue weighted by atomic mass is 9.87. The van der Waals surface area contributed by atoms with E-state index >= 15 is 0 Å². The van der Waals surface area contributed by atoms with Crippen molar-refractivity contribution >= 4 is 10.0 Å². The molecule has 1 aliphatic carbocycles. The molecule has 118 valence electrons. The lowest BCUT2D eigenvalue weighted by Gasteiger charge is -2.33. The van der Waals surface area contributed by atoms with E-state index in [2.05, 4.69) is 6.92 Å². The number of piperidine rings is 1. The summed E-state index contributed by atoms with van der Waals surface area (Å²) >= 11 is 0. The summed E-state index contributed by atoms with van der Waals surface area (Å²) in [5, 5.41) is 10.4. The zero-order valence-electron chi connectivity index (χ0n) is 12.8. The van der Waals surface area contributed by atoms with Gasteiger partial charge in [-0.15, -0.1) is 0 Å². The van der Waals surface area contributed by atoms with E-state index in [-0.39, 0.29) is 6.10 Å². The predicted molar refractivity (Wildman–Crippen MR) is 80.9 cm³/mol. The third-order valence-corrected chi connectivity index (χ3v) is 6.50. The van der Waals surface area contributed by atoms with Crippen LogP contribution >= 0.6 is 0 Å². The van der Waals surface area contributed by atoms with Gasteiger partial charge in [-0.1, -0.05) is 19.8 Å². The van der Waals surface area contributed by atoms with Crippen LogP contribution in [-0.4, -0.2) is 43.3 Å². The van der Waals surface area contributed by atoms with Crippen LogP contribution < -0.4 is 0 Å². The standard InChI is InChI=1S/C15H29NO3S/c1-3-12-6-7-14(9-12)15(17)10-13-5-4-8-16(11-13)20(2,18)19/h12-15,17H,3-11H2,1-2H3.